The molecule has 1 heterocycles. The summed E-state index contributed by atoms with van der Waals surface area (Å²) in [4.78, 5) is 4.36. The van der Waals surface area contributed by atoms with Gasteiger partial charge in [0.05, 0.1) is 10.4 Å². The molecule has 3 rings (SSSR count). The van der Waals surface area contributed by atoms with Gasteiger partial charge in [0.1, 0.15) is 0 Å². The monoisotopic (exact) mass is 360 g/mol. The van der Waals surface area contributed by atoms with E-state index in [9.17, 15) is 12.6 Å². The molecule has 1 atom stereocenters. The number of pyridine rings is 1. The highest BCUT2D eigenvalue weighted by molar-refractivity contribution is 7.92. The van der Waals surface area contributed by atoms with Crippen LogP contribution in [0.15, 0.2) is 65.7 Å². The van der Waals surface area contributed by atoms with Gasteiger partial charge in [0.15, 0.2) is 0 Å². The molecule has 24 heavy (non-hydrogen) atoms. The molecule has 1 aromatic heterocycles. The van der Waals surface area contributed by atoms with E-state index in [4.69, 9.17) is 0 Å². The predicted octanol–water partition coefficient (Wildman–Crippen LogP) is 2.91. The first kappa shape index (κ1) is 16.6. The molecule has 0 aliphatic carbocycles. The maximum Gasteiger partial charge on any atom is 0.261 e. The van der Waals surface area contributed by atoms with Gasteiger partial charge in [-0.25, -0.2) is 8.42 Å². The van der Waals surface area contributed by atoms with Crippen molar-refractivity contribution in [2.24, 2.45) is 0 Å². The summed E-state index contributed by atoms with van der Waals surface area (Å²) in [5.41, 5.74) is 2.01. The van der Waals surface area contributed by atoms with Gasteiger partial charge in [-0.1, -0.05) is 18.2 Å². The van der Waals surface area contributed by atoms with Gasteiger partial charge in [-0.05, 0) is 42.0 Å². The summed E-state index contributed by atoms with van der Waals surface area (Å²) in [6.07, 6.45) is 3.28. The van der Waals surface area contributed by atoms with Crippen LogP contribution in [0.1, 0.15) is 5.56 Å². The van der Waals surface area contributed by atoms with Crippen molar-refractivity contribution in [3.63, 3.8) is 0 Å². The minimum Gasteiger partial charge on any atom is -0.280 e. The SMILES string of the molecule is CS(=O)Cc1cccc(NS(=O)(=O)c2ccc3ncccc3c2)c1. The Hall–Kier alpha value is -2.25. The molecular formula is C17H16N2O3S2. The van der Waals surface area contributed by atoms with Gasteiger partial charge in [0.25, 0.3) is 10.0 Å². The number of aromatic nitrogens is 1. The van der Waals surface area contributed by atoms with Crippen LogP contribution < -0.4 is 4.72 Å². The molecule has 0 fully saturated rings. The lowest BCUT2D eigenvalue weighted by Gasteiger charge is -2.10. The third-order valence-corrected chi connectivity index (χ3v) is 5.55. The molecule has 0 spiro atoms. The van der Waals surface area contributed by atoms with Crippen LogP contribution in [0.25, 0.3) is 10.9 Å². The van der Waals surface area contributed by atoms with Crippen molar-refractivity contribution in [1.82, 2.24) is 4.98 Å². The third-order valence-electron chi connectivity index (χ3n) is 3.43. The first-order valence-electron chi connectivity index (χ1n) is 7.21. The van der Waals surface area contributed by atoms with Gasteiger partial charge in [0.2, 0.25) is 0 Å². The molecule has 1 N–H and O–H groups in total. The molecule has 5 nitrogen and oxygen atoms in total. The third kappa shape index (κ3) is 3.80. The van der Waals surface area contributed by atoms with Crippen LogP contribution in [-0.2, 0) is 26.6 Å². The Balaban J connectivity index is 1.91. The molecule has 0 radical (unpaired) electrons. The highest BCUT2D eigenvalue weighted by Crippen LogP contribution is 2.21. The molecule has 0 aliphatic heterocycles. The fraction of sp³-hybridized carbons (Fsp3) is 0.118. The summed E-state index contributed by atoms with van der Waals surface area (Å²) < 4.78 is 39.1. The second-order valence-electron chi connectivity index (χ2n) is 5.38. The summed E-state index contributed by atoms with van der Waals surface area (Å²) in [6.45, 7) is 0. The van der Waals surface area contributed by atoms with Crippen LogP contribution >= 0.6 is 0 Å². The van der Waals surface area contributed by atoms with E-state index in [1.165, 1.54) is 6.07 Å². The van der Waals surface area contributed by atoms with Crippen molar-refractivity contribution in [3.05, 3.63) is 66.4 Å². The van der Waals surface area contributed by atoms with E-state index in [0.29, 0.717) is 11.4 Å². The Morgan fingerprint density at radius 2 is 1.92 bits per heavy atom. The van der Waals surface area contributed by atoms with E-state index < -0.39 is 20.8 Å². The summed E-state index contributed by atoms with van der Waals surface area (Å²) in [6, 6.07) is 15.3. The van der Waals surface area contributed by atoms with Crippen LogP contribution in [0.2, 0.25) is 0 Å². The zero-order chi connectivity index (χ0) is 17.2. The zero-order valence-electron chi connectivity index (χ0n) is 13.0. The Morgan fingerprint density at radius 1 is 1.08 bits per heavy atom. The Bertz CT molecular complexity index is 1020. The van der Waals surface area contributed by atoms with Gasteiger partial charge >= 0.3 is 0 Å². The van der Waals surface area contributed by atoms with Crippen LogP contribution in [0, 0.1) is 0 Å². The number of hydrogen-bond donors (Lipinski definition) is 1. The van der Waals surface area contributed by atoms with E-state index in [1.54, 1.807) is 48.9 Å². The lowest BCUT2D eigenvalue weighted by molar-refractivity contribution is 0.601. The van der Waals surface area contributed by atoms with Crippen molar-refractivity contribution < 1.29 is 12.6 Å². The zero-order valence-corrected chi connectivity index (χ0v) is 14.6. The molecule has 124 valence electrons. The molecule has 0 bridgehead atoms. The molecule has 1 unspecified atom stereocenters. The van der Waals surface area contributed by atoms with E-state index in [-0.39, 0.29) is 4.90 Å². The fourth-order valence-corrected chi connectivity index (χ4v) is 4.13. The number of nitrogens with zero attached hydrogens (tertiary/aromatic N) is 1. The molecule has 7 heteroatoms. The predicted molar refractivity (Wildman–Crippen MR) is 96.8 cm³/mol. The second kappa shape index (κ2) is 6.70. The number of anilines is 1. The van der Waals surface area contributed by atoms with Crippen LogP contribution in [-0.4, -0.2) is 23.9 Å². The quantitative estimate of drug-likeness (QED) is 0.759. The van der Waals surface area contributed by atoms with Crippen molar-refractivity contribution in [2.45, 2.75) is 10.6 Å². The maximum atomic E-state index is 12.6. The second-order valence-corrected chi connectivity index (χ2v) is 8.50. The topological polar surface area (TPSA) is 76.1 Å². The Morgan fingerprint density at radius 3 is 2.71 bits per heavy atom. The standard InChI is InChI=1S/C17H16N2O3S2/c1-23(20)12-13-4-2-6-15(10-13)19-24(21,22)16-7-8-17-14(11-16)5-3-9-18-17/h2-11,19H,12H2,1H3. The maximum absolute atomic E-state index is 12.6. The van der Waals surface area contributed by atoms with Gasteiger partial charge in [-0.3, -0.25) is 13.9 Å². The largest absolute Gasteiger partial charge is 0.280 e. The molecule has 0 aliphatic rings. The molecule has 3 aromatic rings. The van der Waals surface area contributed by atoms with E-state index in [1.807, 2.05) is 12.1 Å². The summed E-state index contributed by atoms with van der Waals surface area (Å²) in [7, 11) is -4.69. The van der Waals surface area contributed by atoms with E-state index in [2.05, 4.69) is 9.71 Å². The lowest BCUT2D eigenvalue weighted by Crippen LogP contribution is -2.13. The summed E-state index contributed by atoms with van der Waals surface area (Å²) in [5.74, 6) is 0.386. The molecule has 2 aromatic carbocycles. The highest BCUT2D eigenvalue weighted by Gasteiger charge is 2.15. The number of sulfonamides is 1. The van der Waals surface area contributed by atoms with E-state index >= 15 is 0 Å². The molecule has 0 saturated heterocycles. The Kier molecular flexibility index (Phi) is 4.64. The first-order chi connectivity index (χ1) is 11.4. The molecule has 0 amide bonds. The fourth-order valence-electron chi connectivity index (χ4n) is 2.39. The number of nitrogens with one attached hydrogen (secondary N) is 1. The number of rotatable bonds is 5. The summed E-state index contributed by atoms with van der Waals surface area (Å²) in [5, 5.41) is 0.760. The number of hydrogen-bond acceptors (Lipinski definition) is 4. The van der Waals surface area contributed by atoms with Gasteiger partial charge in [-0.2, -0.15) is 0 Å². The highest BCUT2D eigenvalue weighted by atomic mass is 32.2. The lowest BCUT2D eigenvalue weighted by atomic mass is 10.2. The average Bonchev–Trinajstić information content (AvgIpc) is 2.53. The van der Waals surface area contributed by atoms with E-state index in [0.717, 1.165) is 16.5 Å². The smallest absolute Gasteiger partial charge is 0.261 e. The van der Waals surface area contributed by atoms with Gasteiger partial charge in [-0.15, -0.1) is 0 Å². The molecule has 0 saturated carbocycles. The van der Waals surface area contributed by atoms with Crippen LogP contribution in [0.4, 0.5) is 5.69 Å². The Labute approximate surface area is 143 Å². The number of benzene rings is 2. The normalized spacial score (nSPS) is 12.9. The van der Waals surface area contributed by atoms with Crippen molar-refractivity contribution in [2.75, 3.05) is 11.0 Å². The van der Waals surface area contributed by atoms with Crippen LogP contribution in [0.3, 0.4) is 0 Å². The van der Waals surface area contributed by atoms with Crippen LogP contribution in [0.5, 0.6) is 0 Å². The van der Waals surface area contributed by atoms with Crippen molar-refractivity contribution in [3.8, 4) is 0 Å². The van der Waals surface area contributed by atoms with Crippen molar-refractivity contribution >= 4 is 37.4 Å². The molecular weight excluding hydrogens is 344 g/mol. The first-order valence-corrected chi connectivity index (χ1v) is 10.4. The van der Waals surface area contributed by atoms with Gasteiger partial charge < -0.3 is 0 Å². The summed E-state index contributed by atoms with van der Waals surface area (Å²) >= 11 is 0. The number of fused-ring (bicyclic) bond motifs is 1. The average molecular weight is 360 g/mol. The van der Waals surface area contributed by atoms with Gasteiger partial charge in [0, 0.05) is 40.1 Å². The van der Waals surface area contributed by atoms with Crippen molar-refractivity contribution in [1.29, 1.82) is 0 Å². The minimum atomic E-state index is -3.70. The minimum absolute atomic E-state index is 0.174.